The average molecular weight is 278 g/mol. The van der Waals surface area contributed by atoms with Gasteiger partial charge in [-0.25, -0.2) is 4.79 Å². The van der Waals surface area contributed by atoms with Crippen LogP contribution in [0.1, 0.15) is 38.5 Å². The number of hydrogen-bond donors (Lipinski definition) is 1. The van der Waals surface area contributed by atoms with Gasteiger partial charge >= 0.3 is 12.0 Å². The molecule has 0 bridgehead atoms. The summed E-state index contributed by atoms with van der Waals surface area (Å²) in [4.78, 5) is 26.5. The first kappa shape index (κ1) is 14.7. The molecule has 0 spiro atoms. The standard InChI is InChI=1S/C15H22N2O3/c1-2-9-16(11-14(18)19)15(20)17-10-5-8-13(17)12-6-3-4-7-12/h1,12-13H,3-11H2,(H,18,19). The predicted molar refractivity (Wildman–Crippen MR) is 75.1 cm³/mol. The fourth-order valence-corrected chi connectivity index (χ4v) is 3.51. The number of carboxylic acids is 1. The Bertz CT molecular complexity index is 410. The van der Waals surface area contributed by atoms with Crippen molar-refractivity contribution in [3.63, 3.8) is 0 Å². The summed E-state index contributed by atoms with van der Waals surface area (Å²) in [5.74, 6) is 1.94. The molecule has 5 heteroatoms. The lowest BCUT2D eigenvalue weighted by Crippen LogP contribution is -2.49. The topological polar surface area (TPSA) is 60.9 Å². The predicted octanol–water partition coefficient (Wildman–Crippen LogP) is 1.78. The number of aliphatic carboxylic acids is 1. The van der Waals surface area contributed by atoms with E-state index < -0.39 is 5.97 Å². The third-order valence-electron chi connectivity index (χ3n) is 4.37. The number of hydrogen-bond acceptors (Lipinski definition) is 2. The lowest BCUT2D eigenvalue weighted by atomic mass is 9.96. The molecule has 2 amide bonds. The first-order valence-corrected chi connectivity index (χ1v) is 7.34. The van der Waals surface area contributed by atoms with Gasteiger partial charge in [-0.05, 0) is 31.6 Å². The number of carboxylic acid groups (broad SMARTS) is 1. The molecule has 2 rings (SSSR count). The lowest BCUT2D eigenvalue weighted by molar-refractivity contribution is -0.137. The van der Waals surface area contributed by atoms with Gasteiger partial charge in [0, 0.05) is 12.6 Å². The second-order valence-electron chi connectivity index (χ2n) is 5.68. The molecule has 0 radical (unpaired) electrons. The molecule has 2 aliphatic rings. The molecule has 1 saturated heterocycles. The molecular formula is C15H22N2O3. The molecule has 1 unspecified atom stereocenters. The third-order valence-corrected chi connectivity index (χ3v) is 4.37. The molecule has 0 aromatic carbocycles. The van der Waals surface area contributed by atoms with Crippen LogP contribution in [0.25, 0.3) is 0 Å². The quantitative estimate of drug-likeness (QED) is 0.797. The summed E-state index contributed by atoms with van der Waals surface area (Å²) in [5.41, 5.74) is 0. The van der Waals surface area contributed by atoms with E-state index in [1.54, 1.807) is 0 Å². The van der Waals surface area contributed by atoms with E-state index in [0.717, 1.165) is 19.4 Å². The maximum Gasteiger partial charge on any atom is 0.323 e. The van der Waals surface area contributed by atoms with Crippen molar-refractivity contribution in [2.45, 2.75) is 44.6 Å². The normalized spacial score (nSPS) is 22.8. The van der Waals surface area contributed by atoms with Crippen LogP contribution in [-0.4, -0.2) is 52.6 Å². The Balaban J connectivity index is 2.04. The summed E-state index contributed by atoms with van der Waals surface area (Å²) < 4.78 is 0. The molecular weight excluding hydrogens is 256 g/mol. The fourth-order valence-electron chi connectivity index (χ4n) is 3.51. The van der Waals surface area contributed by atoms with Gasteiger partial charge in [-0.3, -0.25) is 4.79 Å². The molecule has 20 heavy (non-hydrogen) atoms. The number of likely N-dealkylation sites (tertiary alicyclic amines) is 1. The van der Waals surface area contributed by atoms with Gasteiger partial charge < -0.3 is 14.9 Å². The molecule has 1 heterocycles. The van der Waals surface area contributed by atoms with Gasteiger partial charge in [0.15, 0.2) is 0 Å². The zero-order valence-corrected chi connectivity index (χ0v) is 11.8. The summed E-state index contributed by atoms with van der Waals surface area (Å²) in [6, 6.07) is 0.0684. The van der Waals surface area contributed by atoms with Crippen molar-refractivity contribution >= 4 is 12.0 Å². The maximum atomic E-state index is 12.5. The van der Waals surface area contributed by atoms with Crippen molar-refractivity contribution in [2.75, 3.05) is 19.6 Å². The Morgan fingerprint density at radius 2 is 1.95 bits per heavy atom. The Morgan fingerprint density at radius 3 is 2.55 bits per heavy atom. The molecule has 1 atom stereocenters. The van der Waals surface area contributed by atoms with Gasteiger partial charge in [-0.2, -0.15) is 0 Å². The summed E-state index contributed by atoms with van der Waals surface area (Å²) in [5, 5.41) is 8.90. The minimum absolute atomic E-state index is 0.0546. The van der Waals surface area contributed by atoms with Crippen molar-refractivity contribution in [2.24, 2.45) is 5.92 Å². The molecule has 0 aromatic heterocycles. The number of terminal acetylenes is 1. The molecule has 2 fully saturated rings. The van der Waals surface area contributed by atoms with Gasteiger partial charge in [-0.15, -0.1) is 6.42 Å². The van der Waals surface area contributed by atoms with E-state index in [1.165, 1.54) is 30.6 Å². The van der Waals surface area contributed by atoms with E-state index in [1.807, 2.05) is 4.90 Å². The van der Waals surface area contributed by atoms with E-state index in [4.69, 9.17) is 11.5 Å². The zero-order valence-electron chi connectivity index (χ0n) is 11.8. The summed E-state index contributed by atoms with van der Waals surface area (Å²) in [6.45, 7) is 0.455. The number of urea groups is 1. The highest BCUT2D eigenvalue weighted by molar-refractivity contribution is 5.80. The van der Waals surface area contributed by atoms with Gasteiger partial charge in [0.1, 0.15) is 6.54 Å². The number of carbonyl (C=O) groups excluding carboxylic acids is 1. The van der Waals surface area contributed by atoms with Crippen LogP contribution in [0.15, 0.2) is 0 Å². The average Bonchev–Trinajstić information content (AvgIpc) is 3.07. The van der Waals surface area contributed by atoms with Crippen LogP contribution in [0.2, 0.25) is 0 Å². The minimum atomic E-state index is -1.02. The van der Waals surface area contributed by atoms with Crippen LogP contribution in [0.5, 0.6) is 0 Å². The molecule has 5 nitrogen and oxygen atoms in total. The second-order valence-corrected chi connectivity index (χ2v) is 5.68. The van der Waals surface area contributed by atoms with E-state index in [2.05, 4.69) is 5.92 Å². The molecule has 1 saturated carbocycles. The monoisotopic (exact) mass is 278 g/mol. The van der Waals surface area contributed by atoms with E-state index in [9.17, 15) is 9.59 Å². The first-order chi connectivity index (χ1) is 9.63. The van der Waals surface area contributed by atoms with Crippen LogP contribution >= 0.6 is 0 Å². The highest BCUT2D eigenvalue weighted by Gasteiger charge is 2.37. The molecule has 1 N–H and O–H groups in total. The van der Waals surface area contributed by atoms with Crippen molar-refractivity contribution in [3.05, 3.63) is 0 Å². The third kappa shape index (κ3) is 3.24. The van der Waals surface area contributed by atoms with Crippen LogP contribution in [0, 0.1) is 18.3 Å². The number of rotatable bonds is 4. The van der Waals surface area contributed by atoms with Crippen molar-refractivity contribution in [1.82, 2.24) is 9.80 Å². The molecule has 1 aliphatic carbocycles. The number of nitrogens with zero attached hydrogens (tertiary/aromatic N) is 2. The van der Waals surface area contributed by atoms with Gasteiger partial charge in [-0.1, -0.05) is 18.8 Å². The zero-order chi connectivity index (χ0) is 14.5. The number of carbonyl (C=O) groups is 2. The van der Waals surface area contributed by atoms with Crippen molar-refractivity contribution in [1.29, 1.82) is 0 Å². The largest absolute Gasteiger partial charge is 0.480 e. The fraction of sp³-hybridized carbons (Fsp3) is 0.733. The molecule has 0 aromatic rings. The second kappa shape index (κ2) is 6.65. The first-order valence-electron chi connectivity index (χ1n) is 7.34. The van der Waals surface area contributed by atoms with Crippen LogP contribution < -0.4 is 0 Å². The van der Waals surface area contributed by atoms with E-state index in [0.29, 0.717) is 5.92 Å². The Labute approximate surface area is 119 Å². The van der Waals surface area contributed by atoms with E-state index >= 15 is 0 Å². The minimum Gasteiger partial charge on any atom is -0.480 e. The van der Waals surface area contributed by atoms with Crippen molar-refractivity contribution < 1.29 is 14.7 Å². The highest BCUT2D eigenvalue weighted by Crippen LogP contribution is 2.35. The van der Waals surface area contributed by atoms with Gasteiger partial charge in [0.2, 0.25) is 0 Å². The van der Waals surface area contributed by atoms with Crippen LogP contribution in [-0.2, 0) is 4.79 Å². The summed E-state index contributed by atoms with van der Waals surface area (Å²) >= 11 is 0. The Kier molecular flexibility index (Phi) is 4.89. The number of amides is 2. The molecule has 110 valence electrons. The highest BCUT2D eigenvalue weighted by atomic mass is 16.4. The smallest absolute Gasteiger partial charge is 0.323 e. The van der Waals surface area contributed by atoms with Gasteiger partial charge in [0.05, 0.1) is 6.54 Å². The molecule has 1 aliphatic heterocycles. The summed E-state index contributed by atoms with van der Waals surface area (Å²) in [6.07, 6.45) is 12.1. The van der Waals surface area contributed by atoms with Crippen molar-refractivity contribution in [3.8, 4) is 12.3 Å². The van der Waals surface area contributed by atoms with Gasteiger partial charge in [0.25, 0.3) is 0 Å². The maximum absolute atomic E-state index is 12.5. The van der Waals surface area contributed by atoms with Crippen LogP contribution in [0.3, 0.4) is 0 Å². The van der Waals surface area contributed by atoms with E-state index in [-0.39, 0.29) is 25.2 Å². The Morgan fingerprint density at radius 1 is 1.25 bits per heavy atom. The SMILES string of the molecule is C#CCN(CC(=O)O)C(=O)N1CCCC1C1CCCC1. The summed E-state index contributed by atoms with van der Waals surface area (Å²) in [7, 11) is 0. The lowest BCUT2D eigenvalue weighted by Gasteiger charge is -2.33. The van der Waals surface area contributed by atoms with Crippen LogP contribution in [0.4, 0.5) is 4.79 Å². The Hall–Kier alpha value is -1.70.